The van der Waals surface area contributed by atoms with Crippen molar-refractivity contribution in [2.75, 3.05) is 11.4 Å². The molecule has 0 saturated carbocycles. The van der Waals surface area contributed by atoms with E-state index in [9.17, 15) is 22.4 Å². The normalized spacial score (nSPS) is 17.2. The van der Waals surface area contributed by atoms with Gasteiger partial charge in [0, 0.05) is 24.2 Å². The van der Waals surface area contributed by atoms with Gasteiger partial charge in [-0.1, -0.05) is 6.07 Å². The molecule has 1 aromatic carbocycles. The van der Waals surface area contributed by atoms with E-state index in [0.717, 1.165) is 18.6 Å². The van der Waals surface area contributed by atoms with E-state index in [1.807, 2.05) is 6.92 Å². The van der Waals surface area contributed by atoms with E-state index in [-0.39, 0.29) is 23.2 Å². The fourth-order valence-electron chi connectivity index (χ4n) is 2.67. The number of carboxylic acids is 1. The number of hydrogen-bond donors (Lipinski definition) is 1. The van der Waals surface area contributed by atoms with Gasteiger partial charge < -0.3 is 10.0 Å². The van der Waals surface area contributed by atoms with E-state index in [0.29, 0.717) is 18.2 Å². The quantitative estimate of drug-likeness (QED) is 0.641. The summed E-state index contributed by atoms with van der Waals surface area (Å²) in [6, 6.07) is 4.31. The maximum atomic E-state index is 14.3. The van der Waals surface area contributed by atoms with Crippen LogP contribution in [0.15, 0.2) is 30.3 Å². The Balaban J connectivity index is 2.11. The fraction of sp³-hybridized carbons (Fsp3) is 0.278. The van der Waals surface area contributed by atoms with Gasteiger partial charge in [0.2, 0.25) is 5.95 Å². The zero-order chi connectivity index (χ0) is 19.8. The van der Waals surface area contributed by atoms with Crippen LogP contribution in [0.1, 0.15) is 24.6 Å². The van der Waals surface area contributed by atoms with Gasteiger partial charge in [-0.2, -0.15) is 13.2 Å². The first-order valence-corrected chi connectivity index (χ1v) is 8.09. The second-order valence-electron chi connectivity index (χ2n) is 6.18. The maximum Gasteiger partial charge on any atom is 0.433 e. The fourth-order valence-corrected chi connectivity index (χ4v) is 2.67. The molecule has 1 aromatic heterocycles. The molecule has 9 heteroatoms. The number of anilines is 1. The molecule has 1 N–H and O–H groups in total. The number of carboxylic acid groups (broad SMARTS) is 1. The molecule has 1 aliphatic rings. The molecule has 1 aliphatic heterocycles. The highest BCUT2D eigenvalue weighted by molar-refractivity contribution is 5.85. The molecule has 0 spiro atoms. The van der Waals surface area contributed by atoms with Crippen molar-refractivity contribution in [3.63, 3.8) is 0 Å². The third-order valence-electron chi connectivity index (χ3n) is 4.27. The lowest BCUT2D eigenvalue weighted by molar-refractivity contribution is -0.141. The Kier molecular flexibility index (Phi) is 4.86. The standard InChI is InChI=1S/C18H15F4N3O2/c1-10-6-7-25(10)17-23-14(9-15(24-17)18(20,21)22)12-8-11(2-4-13(12)19)3-5-16(26)27/h2-5,8-10H,6-7H2,1H3,(H,26,27)/b5-3+/t10-/m0/s1. The summed E-state index contributed by atoms with van der Waals surface area (Å²) in [5.41, 5.74) is -1.22. The third kappa shape index (κ3) is 4.07. The summed E-state index contributed by atoms with van der Waals surface area (Å²) in [6.45, 7) is 2.36. The first-order valence-electron chi connectivity index (χ1n) is 8.09. The summed E-state index contributed by atoms with van der Waals surface area (Å²) < 4.78 is 54.1. The van der Waals surface area contributed by atoms with Crippen LogP contribution in [0, 0.1) is 5.82 Å². The first kappa shape index (κ1) is 18.8. The topological polar surface area (TPSA) is 66.3 Å². The van der Waals surface area contributed by atoms with Crippen LogP contribution in [0.3, 0.4) is 0 Å². The number of carbonyl (C=O) groups is 1. The van der Waals surface area contributed by atoms with Gasteiger partial charge >= 0.3 is 12.1 Å². The zero-order valence-corrected chi connectivity index (χ0v) is 14.2. The van der Waals surface area contributed by atoms with Crippen LogP contribution in [0.4, 0.5) is 23.5 Å². The zero-order valence-electron chi connectivity index (χ0n) is 14.2. The van der Waals surface area contributed by atoms with Crippen molar-refractivity contribution in [3.8, 4) is 11.3 Å². The third-order valence-corrected chi connectivity index (χ3v) is 4.27. The molecule has 0 amide bonds. The highest BCUT2D eigenvalue weighted by Gasteiger charge is 2.36. The van der Waals surface area contributed by atoms with Crippen molar-refractivity contribution in [2.45, 2.75) is 25.6 Å². The number of rotatable bonds is 4. The monoisotopic (exact) mass is 381 g/mol. The Hall–Kier alpha value is -2.97. The van der Waals surface area contributed by atoms with Crippen LogP contribution in [0.25, 0.3) is 17.3 Å². The van der Waals surface area contributed by atoms with Crippen LogP contribution >= 0.6 is 0 Å². The molecule has 1 atom stereocenters. The SMILES string of the molecule is C[C@H]1CCN1c1nc(-c2cc(/C=C/C(=O)O)ccc2F)cc(C(F)(F)F)n1. The lowest BCUT2D eigenvalue weighted by atomic mass is 10.0. The van der Waals surface area contributed by atoms with Crippen molar-refractivity contribution in [1.82, 2.24) is 9.97 Å². The molecule has 0 radical (unpaired) electrons. The number of hydrogen-bond acceptors (Lipinski definition) is 4. The Bertz CT molecular complexity index is 912. The minimum atomic E-state index is -4.71. The van der Waals surface area contributed by atoms with Gasteiger partial charge in [-0.25, -0.2) is 19.2 Å². The Morgan fingerprint density at radius 2 is 2.04 bits per heavy atom. The van der Waals surface area contributed by atoms with Gasteiger partial charge in [0.25, 0.3) is 0 Å². The van der Waals surface area contributed by atoms with Gasteiger partial charge in [-0.15, -0.1) is 0 Å². The summed E-state index contributed by atoms with van der Waals surface area (Å²) in [4.78, 5) is 20.0. The Morgan fingerprint density at radius 3 is 2.59 bits per heavy atom. The molecular formula is C18H15F4N3O2. The van der Waals surface area contributed by atoms with Gasteiger partial charge in [-0.05, 0) is 43.2 Å². The van der Waals surface area contributed by atoms with Crippen LogP contribution in [-0.4, -0.2) is 33.6 Å². The molecule has 0 unspecified atom stereocenters. The van der Waals surface area contributed by atoms with Gasteiger partial charge in [0.15, 0.2) is 5.69 Å². The summed E-state index contributed by atoms with van der Waals surface area (Å²) in [6.07, 6.45) is -1.84. The van der Waals surface area contributed by atoms with Crippen LogP contribution in [-0.2, 0) is 11.0 Å². The second-order valence-corrected chi connectivity index (χ2v) is 6.18. The molecule has 1 saturated heterocycles. The van der Waals surface area contributed by atoms with Crippen LogP contribution in [0.5, 0.6) is 0 Å². The van der Waals surface area contributed by atoms with E-state index in [2.05, 4.69) is 9.97 Å². The number of benzene rings is 1. The van der Waals surface area contributed by atoms with Gasteiger partial charge in [0.05, 0.1) is 5.69 Å². The number of halogens is 4. The van der Waals surface area contributed by atoms with Gasteiger partial charge in [-0.3, -0.25) is 0 Å². The molecule has 2 aromatic rings. The van der Waals surface area contributed by atoms with Gasteiger partial charge in [0.1, 0.15) is 5.82 Å². The molecule has 0 bridgehead atoms. The Morgan fingerprint density at radius 1 is 1.30 bits per heavy atom. The number of aliphatic carboxylic acids is 1. The number of alkyl halides is 3. The predicted molar refractivity (Wildman–Crippen MR) is 90.5 cm³/mol. The van der Waals surface area contributed by atoms with Crippen molar-refractivity contribution >= 4 is 18.0 Å². The average Bonchev–Trinajstić information content (AvgIpc) is 2.58. The van der Waals surface area contributed by atoms with Crippen molar-refractivity contribution in [3.05, 3.63) is 47.4 Å². The molecular weight excluding hydrogens is 366 g/mol. The highest BCUT2D eigenvalue weighted by atomic mass is 19.4. The molecule has 5 nitrogen and oxygen atoms in total. The van der Waals surface area contributed by atoms with E-state index in [1.54, 1.807) is 4.90 Å². The lowest BCUT2D eigenvalue weighted by Crippen LogP contribution is -2.47. The molecule has 142 valence electrons. The van der Waals surface area contributed by atoms with E-state index >= 15 is 0 Å². The lowest BCUT2D eigenvalue weighted by Gasteiger charge is -2.39. The van der Waals surface area contributed by atoms with E-state index in [1.165, 1.54) is 18.2 Å². The molecule has 3 rings (SSSR count). The highest BCUT2D eigenvalue weighted by Crippen LogP contribution is 2.34. The number of nitrogens with zero attached hydrogens (tertiary/aromatic N) is 3. The second kappa shape index (κ2) is 6.98. The summed E-state index contributed by atoms with van der Waals surface area (Å²) in [5, 5.41) is 8.69. The molecule has 1 fully saturated rings. The van der Waals surface area contributed by atoms with Crippen LogP contribution in [0.2, 0.25) is 0 Å². The summed E-state index contributed by atoms with van der Waals surface area (Å²) in [5.74, 6) is -2.07. The van der Waals surface area contributed by atoms with Crippen molar-refractivity contribution in [2.24, 2.45) is 0 Å². The first-order chi connectivity index (χ1) is 12.6. The summed E-state index contributed by atoms with van der Waals surface area (Å²) >= 11 is 0. The van der Waals surface area contributed by atoms with E-state index < -0.39 is 23.7 Å². The minimum absolute atomic E-state index is 0.00369. The average molecular weight is 381 g/mol. The van der Waals surface area contributed by atoms with Crippen LogP contribution < -0.4 is 4.90 Å². The van der Waals surface area contributed by atoms with E-state index in [4.69, 9.17) is 5.11 Å². The number of aromatic nitrogens is 2. The molecule has 2 heterocycles. The maximum absolute atomic E-state index is 14.3. The molecule has 27 heavy (non-hydrogen) atoms. The largest absolute Gasteiger partial charge is 0.478 e. The minimum Gasteiger partial charge on any atom is -0.478 e. The van der Waals surface area contributed by atoms with Crippen molar-refractivity contribution in [1.29, 1.82) is 0 Å². The summed E-state index contributed by atoms with van der Waals surface area (Å²) in [7, 11) is 0. The predicted octanol–water partition coefficient (Wildman–Crippen LogP) is 4.00. The van der Waals surface area contributed by atoms with Crippen molar-refractivity contribution < 1.29 is 27.5 Å². The molecule has 0 aliphatic carbocycles. The Labute approximate surface area is 152 Å². The smallest absolute Gasteiger partial charge is 0.433 e.